The van der Waals surface area contributed by atoms with Crippen molar-refractivity contribution in [3.63, 3.8) is 0 Å². The third kappa shape index (κ3) is 9.02. The summed E-state index contributed by atoms with van der Waals surface area (Å²) in [6.45, 7) is 1.06. The van der Waals surface area contributed by atoms with Gasteiger partial charge in [0.15, 0.2) is 0 Å². The van der Waals surface area contributed by atoms with Crippen LogP contribution in [0.25, 0.3) is 0 Å². The minimum atomic E-state index is -4.45. The maximum Gasteiger partial charge on any atom is 0.416 e. The van der Waals surface area contributed by atoms with E-state index in [4.69, 9.17) is 4.74 Å². The van der Waals surface area contributed by atoms with E-state index in [-0.39, 0.29) is 37.6 Å². The zero-order chi connectivity index (χ0) is 30.8. The molecule has 6 nitrogen and oxygen atoms in total. The molecule has 4 aromatic rings. The van der Waals surface area contributed by atoms with Gasteiger partial charge >= 0.3 is 6.18 Å². The zero-order valence-corrected chi connectivity index (χ0v) is 23.8. The van der Waals surface area contributed by atoms with Gasteiger partial charge in [-0.25, -0.2) is 4.39 Å². The van der Waals surface area contributed by atoms with Crippen LogP contribution in [0.1, 0.15) is 39.2 Å². The number of rotatable bonds is 13. The Balaban J connectivity index is 1.55. The maximum atomic E-state index is 13.8. The number of methoxy groups -OCH3 is 1. The van der Waals surface area contributed by atoms with Crippen LogP contribution in [-0.4, -0.2) is 53.0 Å². The Bertz CT molecular complexity index is 1490. The quantitative estimate of drug-likeness (QED) is 0.133. The van der Waals surface area contributed by atoms with Gasteiger partial charge in [0.1, 0.15) is 12.4 Å². The zero-order valence-electron chi connectivity index (χ0n) is 23.8. The highest BCUT2D eigenvalue weighted by Gasteiger charge is 2.30. The first-order valence-electron chi connectivity index (χ1n) is 13.8. The number of hydrogen-bond donors (Lipinski definition) is 0. The standard InChI is InChI=1S/C33H33F4N3O3/c1-43-19-7-18-39(23-30-12-6-17-38(30)22-26-10-5-11-28(20-26)33(35,36)37)31(41)24-40(21-25-8-3-2-4-9-25)32(42)27-13-15-29(34)16-14-27/h2-6,8-17,20H,7,18-19,21-24H2,1H3. The van der Waals surface area contributed by atoms with Crippen molar-refractivity contribution in [2.24, 2.45) is 0 Å². The summed E-state index contributed by atoms with van der Waals surface area (Å²) in [5, 5.41) is 0. The van der Waals surface area contributed by atoms with Gasteiger partial charge in [-0.1, -0.05) is 42.5 Å². The van der Waals surface area contributed by atoms with Crippen LogP contribution in [0.4, 0.5) is 17.6 Å². The molecule has 43 heavy (non-hydrogen) atoms. The second kappa shape index (κ2) is 14.6. The fraction of sp³-hybridized carbons (Fsp3) is 0.273. The number of carbonyl (C=O) groups excluding carboxylic acids is 2. The van der Waals surface area contributed by atoms with Crippen molar-refractivity contribution in [2.75, 3.05) is 26.8 Å². The Morgan fingerprint density at radius 3 is 2.26 bits per heavy atom. The lowest BCUT2D eigenvalue weighted by Gasteiger charge is -2.28. The molecule has 0 unspecified atom stereocenters. The number of ether oxygens (including phenoxy) is 1. The van der Waals surface area contributed by atoms with Crippen LogP contribution >= 0.6 is 0 Å². The molecule has 226 valence electrons. The van der Waals surface area contributed by atoms with Gasteiger partial charge in [-0.05, 0) is 66.1 Å². The number of amides is 2. The summed E-state index contributed by atoms with van der Waals surface area (Å²) in [7, 11) is 1.56. The molecule has 0 radical (unpaired) electrons. The van der Waals surface area contributed by atoms with E-state index >= 15 is 0 Å². The number of carbonyl (C=O) groups is 2. The first-order chi connectivity index (χ1) is 20.6. The molecule has 0 atom stereocenters. The van der Waals surface area contributed by atoms with Gasteiger partial charge in [-0.3, -0.25) is 9.59 Å². The van der Waals surface area contributed by atoms with Crippen LogP contribution in [0.3, 0.4) is 0 Å². The average Bonchev–Trinajstić information content (AvgIpc) is 3.42. The molecule has 3 aromatic carbocycles. The smallest absolute Gasteiger partial charge is 0.385 e. The highest BCUT2D eigenvalue weighted by atomic mass is 19.4. The molecule has 10 heteroatoms. The van der Waals surface area contributed by atoms with Crippen LogP contribution < -0.4 is 0 Å². The van der Waals surface area contributed by atoms with E-state index in [0.29, 0.717) is 25.1 Å². The molecule has 1 aromatic heterocycles. The van der Waals surface area contributed by atoms with E-state index < -0.39 is 23.5 Å². The third-order valence-corrected chi connectivity index (χ3v) is 6.93. The summed E-state index contributed by atoms with van der Waals surface area (Å²) < 4.78 is 60.3. The molecule has 0 spiro atoms. The molecule has 0 aliphatic rings. The molecule has 0 saturated carbocycles. The van der Waals surface area contributed by atoms with Gasteiger partial charge < -0.3 is 19.1 Å². The lowest BCUT2D eigenvalue weighted by Crippen LogP contribution is -2.43. The Labute approximate surface area is 248 Å². The molecule has 0 fully saturated rings. The summed E-state index contributed by atoms with van der Waals surface area (Å²) in [6, 6.07) is 23.2. The minimum absolute atomic E-state index is 0.167. The van der Waals surface area contributed by atoms with Crippen molar-refractivity contribution in [2.45, 2.75) is 32.2 Å². The predicted molar refractivity (Wildman–Crippen MR) is 154 cm³/mol. The first kappa shape index (κ1) is 31.5. The molecule has 0 N–H and O–H groups in total. The molecule has 0 aliphatic heterocycles. The van der Waals surface area contributed by atoms with Crippen LogP contribution in [-0.2, 0) is 35.3 Å². The van der Waals surface area contributed by atoms with Crippen molar-refractivity contribution in [3.05, 3.63) is 131 Å². The summed E-state index contributed by atoms with van der Waals surface area (Å²) in [5.74, 6) is -1.20. The number of alkyl halides is 3. The molecule has 2 amide bonds. The second-order valence-electron chi connectivity index (χ2n) is 10.1. The summed E-state index contributed by atoms with van der Waals surface area (Å²) in [5.41, 5.74) is 1.56. The Morgan fingerprint density at radius 2 is 1.56 bits per heavy atom. The predicted octanol–water partition coefficient (Wildman–Crippen LogP) is 6.40. The Hall–Kier alpha value is -4.44. The van der Waals surface area contributed by atoms with Gasteiger partial charge in [0.05, 0.1) is 12.1 Å². The minimum Gasteiger partial charge on any atom is -0.385 e. The molecule has 1 heterocycles. The molecule has 0 aliphatic carbocycles. The first-order valence-corrected chi connectivity index (χ1v) is 13.8. The number of nitrogens with zero attached hydrogens (tertiary/aromatic N) is 3. The van der Waals surface area contributed by atoms with Crippen LogP contribution in [0.15, 0.2) is 97.2 Å². The summed E-state index contributed by atoms with van der Waals surface area (Å²) >= 11 is 0. The topological polar surface area (TPSA) is 54.8 Å². The molecular formula is C33H33F4N3O3. The Morgan fingerprint density at radius 1 is 0.837 bits per heavy atom. The van der Waals surface area contributed by atoms with Gasteiger partial charge in [0.2, 0.25) is 5.91 Å². The molecule has 4 rings (SSSR count). The monoisotopic (exact) mass is 595 g/mol. The third-order valence-electron chi connectivity index (χ3n) is 6.93. The van der Waals surface area contributed by atoms with E-state index in [9.17, 15) is 27.2 Å². The van der Waals surface area contributed by atoms with Crippen molar-refractivity contribution >= 4 is 11.8 Å². The van der Waals surface area contributed by atoms with E-state index in [1.807, 2.05) is 36.4 Å². The van der Waals surface area contributed by atoms with E-state index in [1.165, 1.54) is 35.2 Å². The summed E-state index contributed by atoms with van der Waals surface area (Å²) in [4.78, 5) is 30.3. The highest BCUT2D eigenvalue weighted by molar-refractivity contribution is 5.96. The van der Waals surface area contributed by atoms with Crippen molar-refractivity contribution in [1.82, 2.24) is 14.4 Å². The van der Waals surface area contributed by atoms with Crippen LogP contribution in [0.2, 0.25) is 0 Å². The number of halogens is 4. The number of hydrogen-bond acceptors (Lipinski definition) is 3. The largest absolute Gasteiger partial charge is 0.416 e. The lowest BCUT2D eigenvalue weighted by atomic mass is 10.1. The van der Waals surface area contributed by atoms with Gasteiger partial charge in [0, 0.05) is 50.8 Å². The maximum absolute atomic E-state index is 13.8. The SMILES string of the molecule is COCCCN(Cc1cccn1Cc1cccc(C(F)(F)F)c1)C(=O)CN(Cc1ccccc1)C(=O)c1ccc(F)cc1. The van der Waals surface area contributed by atoms with Crippen molar-refractivity contribution < 1.29 is 31.9 Å². The van der Waals surface area contributed by atoms with Crippen molar-refractivity contribution in [1.29, 1.82) is 0 Å². The number of benzene rings is 3. The normalized spacial score (nSPS) is 11.4. The van der Waals surface area contributed by atoms with Crippen molar-refractivity contribution in [3.8, 4) is 0 Å². The molecule has 0 bridgehead atoms. The lowest BCUT2D eigenvalue weighted by molar-refractivity contribution is -0.137. The fourth-order valence-corrected chi connectivity index (χ4v) is 4.72. The van der Waals surface area contributed by atoms with Gasteiger partial charge in [-0.15, -0.1) is 0 Å². The molecule has 0 saturated heterocycles. The average molecular weight is 596 g/mol. The summed E-state index contributed by atoms with van der Waals surface area (Å²) in [6.07, 6.45) is -2.15. The van der Waals surface area contributed by atoms with Crippen LogP contribution in [0.5, 0.6) is 0 Å². The van der Waals surface area contributed by atoms with E-state index in [2.05, 4.69) is 0 Å². The number of aromatic nitrogens is 1. The molecular weight excluding hydrogens is 562 g/mol. The highest BCUT2D eigenvalue weighted by Crippen LogP contribution is 2.29. The van der Waals surface area contributed by atoms with Gasteiger partial charge in [0.25, 0.3) is 5.91 Å². The second-order valence-corrected chi connectivity index (χ2v) is 10.1. The van der Waals surface area contributed by atoms with Gasteiger partial charge in [-0.2, -0.15) is 13.2 Å². The fourth-order valence-electron chi connectivity index (χ4n) is 4.72. The van der Waals surface area contributed by atoms with E-state index in [1.54, 1.807) is 34.9 Å². The van der Waals surface area contributed by atoms with Crippen LogP contribution in [0, 0.1) is 5.82 Å². The Kier molecular flexibility index (Phi) is 10.7. The van der Waals surface area contributed by atoms with E-state index in [0.717, 1.165) is 23.4 Å².